The van der Waals surface area contributed by atoms with Crippen LogP contribution in [-0.4, -0.2) is 4.92 Å². The lowest BCUT2D eigenvalue weighted by Gasteiger charge is -2.38. The molecule has 1 N–H and O–H groups in total. The second-order valence-electron chi connectivity index (χ2n) is 6.43. The van der Waals surface area contributed by atoms with E-state index in [9.17, 15) is 10.1 Å². The third-order valence-electron chi connectivity index (χ3n) is 5.21. The molecule has 0 spiro atoms. The van der Waals surface area contributed by atoms with Gasteiger partial charge in [-0.2, -0.15) is 0 Å². The van der Waals surface area contributed by atoms with Crippen molar-refractivity contribution in [3.05, 3.63) is 80.4 Å². The van der Waals surface area contributed by atoms with E-state index in [0.29, 0.717) is 11.5 Å². The predicted molar refractivity (Wildman–Crippen MR) is 95.6 cm³/mol. The van der Waals surface area contributed by atoms with Gasteiger partial charge >= 0.3 is 0 Å². The Balaban J connectivity index is 1.87. The molecule has 2 aromatic carbocycles. The van der Waals surface area contributed by atoms with Crippen molar-refractivity contribution in [1.82, 2.24) is 0 Å². The standard InChI is InChI=1S/C19H17ClN2O2/c1-11-17(22(23)24)10-9-14-12-6-4-7-13(12)19(21-18(11)14)15-5-2-3-8-16(15)20/h2-6,8-10,12-13,19,21H,7H2,1H3. The Morgan fingerprint density at radius 3 is 2.75 bits per heavy atom. The SMILES string of the molecule is Cc1c([N+](=O)[O-])ccc2c1NC(c1ccccc1Cl)C1CC=CC21. The normalized spacial score (nSPS) is 24.2. The van der Waals surface area contributed by atoms with Crippen molar-refractivity contribution in [2.75, 3.05) is 5.32 Å². The van der Waals surface area contributed by atoms with E-state index in [1.807, 2.05) is 37.3 Å². The van der Waals surface area contributed by atoms with Crippen LogP contribution in [0.5, 0.6) is 0 Å². The van der Waals surface area contributed by atoms with Gasteiger partial charge in [0.05, 0.1) is 16.5 Å². The monoisotopic (exact) mass is 340 g/mol. The fourth-order valence-corrected chi connectivity index (χ4v) is 4.29. The minimum Gasteiger partial charge on any atom is -0.377 e. The van der Waals surface area contributed by atoms with E-state index < -0.39 is 0 Å². The Bertz CT molecular complexity index is 862. The van der Waals surface area contributed by atoms with Gasteiger partial charge < -0.3 is 5.32 Å². The van der Waals surface area contributed by atoms with Gasteiger partial charge in [0.25, 0.3) is 5.69 Å². The van der Waals surface area contributed by atoms with Gasteiger partial charge in [-0.15, -0.1) is 0 Å². The fraction of sp³-hybridized carbons (Fsp3) is 0.263. The maximum atomic E-state index is 11.3. The molecule has 4 rings (SSSR count). The van der Waals surface area contributed by atoms with Crippen molar-refractivity contribution in [1.29, 1.82) is 0 Å². The summed E-state index contributed by atoms with van der Waals surface area (Å²) < 4.78 is 0. The molecule has 0 radical (unpaired) electrons. The third-order valence-corrected chi connectivity index (χ3v) is 5.55. The van der Waals surface area contributed by atoms with Crippen LogP contribution in [0.15, 0.2) is 48.6 Å². The predicted octanol–water partition coefficient (Wildman–Crippen LogP) is 5.38. The Kier molecular flexibility index (Phi) is 3.57. The van der Waals surface area contributed by atoms with Gasteiger partial charge in [-0.25, -0.2) is 0 Å². The summed E-state index contributed by atoms with van der Waals surface area (Å²) in [4.78, 5) is 11.0. The number of nitro groups is 1. The lowest BCUT2D eigenvalue weighted by Crippen LogP contribution is -2.30. The number of nitrogens with one attached hydrogen (secondary N) is 1. The summed E-state index contributed by atoms with van der Waals surface area (Å²) in [6.45, 7) is 1.81. The molecule has 3 atom stereocenters. The van der Waals surface area contributed by atoms with Crippen molar-refractivity contribution >= 4 is 23.0 Å². The van der Waals surface area contributed by atoms with Gasteiger partial charge in [-0.1, -0.05) is 42.0 Å². The molecule has 0 saturated heterocycles. The van der Waals surface area contributed by atoms with Crippen LogP contribution >= 0.6 is 11.6 Å². The van der Waals surface area contributed by atoms with Crippen LogP contribution in [0.2, 0.25) is 5.02 Å². The zero-order valence-corrected chi connectivity index (χ0v) is 14.0. The number of benzene rings is 2. The largest absolute Gasteiger partial charge is 0.377 e. The van der Waals surface area contributed by atoms with E-state index in [1.165, 1.54) is 0 Å². The highest BCUT2D eigenvalue weighted by Crippen LogP contribution is 2.52. The number of fused-ring (bicyclic) bond motifs is 3. The number of hydrogen-bond acceptors (Lipinski definition) is 3. The molecule has 122 valence electrons. The Labute approximate surface area is 145 Å². The molecule has 5 heteroatoms. The molecule has 1 aliphatic heterocycles. The first-order valence-electron chi connectivity index (χ1n) is 8.03. The number of nitro benzene ring substituents is 1. The number of hydrogen-bond donors (Lipinski definition) is 1. The van der Waals surface area contributed by atoms with Crippen LogP contribution in [0, 0.1) is 23.0 Å². The number of halogens is 1. The van der Waals surface area contributed by atoms with Gasteiger partial charge in [0.1, 0.15) is 0 Å². The highest BCUT2D eigenvalue weighted by molar-refractivity contribution is 6.31. The summed E-state index contributed by atoms with van der Waals surface area (Å²) in [6, 6.07) is 11.4. The first-order valence-corrected chi connectivity index (χ1v) is 8.41. The second kappa shape index (κ2) is 5.64. The molecule has 0 bridgehead atoms. The summed E-state index contributed by atoms with van der Waals surface area (Å²) in [6.07, 6.45) is 5.40. The first-order chi connectivity index (χ1) is 11.6. The molecule has 1 heterocycles. The van der Waals surface area contributed by atoms with Gasteiger partial charge in [0.15, 0.2) is 0 Å². The molecule has 24 heavy (non-hydrogen) atoms. The van der Waals surface area contributed by atoms with E-state index in [4.69, 9.17) is 11.6 Å². The summed E-state index contributed by atoms with van der Waals surface area (Å²) in [7, 11) is 0. The number of nitrogens with zero attached hydrogens (tertiary/aromatic N) is 1. The van der Waals surface area contributed by atoms with E-state index in [-0.39, 0.29) is 22.6 Å². The van der Waals surface area contributed by atoms with Crippen LogP contribution in [0.3, 0.4) is 0 Å². The molecule has 2 aliphatic rings. The molecule has 0 amide bonds. The minimum atomic E-state index is -0.321. The molecular weight excluding hydrogens is 324 g/mol. The van der Waals surface area contributed by atoms with Gasteiger partial charge in [0.2, 0.25) is 0 Å². The zero-order valence-electron chi connectivity index (χ0n) is 13.2. The molecular formula is C19H17ClN2O2. The van der Waals surface area contributed by atoms with Crippen LogP contribution in [0.25, 0.3) is 0 Å². The molecule has 0 saturated carbocycles. The van der Waals surface area contributed by atoms with Crippen LogP contribution in [-0.2, 0) is 0 Å². The Hall–Kier alpha value is -2.33. The van der Waals surface area contributed by atoms with Crippen molar-refractivity contribution in [3.63, 3.8) is 0 Å². The summed E-state index contributed by atoms with van der Waals surface area (Å²) in [5, 5.41) is 15.6. The quantitative estimate of drug-likeness (QED) is 0.453. The molecule has 0 aromatic heterocycles. The van der Waals surface area contributed by atoms with E-state index in [0.717, 1.165) is 28.3 Å². The first kappa shape index (κ1) is 15.2. The summed E-state index contributed by atoms with van der Waals surface area (Å²) in [5.41, 5.74) is 3.91. The number of rotatable bonds is 2. The Morgan fingerprint density at radius 1 is 1.21 bits per heavy atom. The van der Waals surface area contributed by atoms with Gasteiger partial charge in [0, 0.05) is 22.7 Å². The van der Waals surface area contributed by atoms with Crippen molar-refractivity contribution < 1.29 is 4.92 Å². The minimum absolute atomic E-state index is 0.0481. The second-order valence-corrected chi connectivity index (χ2v) is 6.84. The third kappa shape index (κ3) is 2.21. The lowest BCUT2D eigenvalue weighted by atomic mass is 9.76. The van der Waals surface area contributed by atoms with E-state index in [2.05, 4.69) is 17.5 Å². The maximum absolute atomic E-state index is 11.3. The lowest BCUT2D eigenvalue weighted by molar-refractivity contribution is -0.385. The highest BCUT2D eigenvalue weighted by Gasteiger charge is 2.40. The summed E-state index contributed by atoms with van der Waals surface area (Å²) >= 11 is 6.43. The summed E-state index contributed by atoms with van der Waals surface area (Å²) in [5.74, 6) is 0.639. The smallest absolute Gasteiger partial charge is 0.274 e. The van der Waals surface area contributed by atoms with E-state index in [1.54, 1.807) is 6.07 Å². The van der Waals surface area contributed by atoms with Crippen LogP contribution < -0.4 is 5.32 Å². The number of anilines is 1. The average molecular weight is 341 g/mol. The highest BCUT2D eigenvalue weighted by atomic mass is 35.5. The van der Waals surface area contributed by atoms with Crippen molar-refractivity contribution in [2.45, 2.75) is 25.3 Å². The molecule has 4 nitrogen and oxygen atoms in total. The maximum Gasteiger partial charge on any atom is 0.274 e. The van der Waals surface area contributed by atoms with Crippen LogP contribution in [0.4, 0.5) is 11.4 Å². The van der Waals surface area contributed by atoms with Crippen molar-refractivity contribution in [3.8, 4) is 0 Å². The number of allylic oxidation sites excluding steroid dienone is 2. The fourth-order valence-electron chi connectivity index (χ4n) is 4.04. The Morgan fingerprint density at radius 2 is 2.00 bits per heavy atom. The van der Waals surface area contributed by atoms with Gasteiger partial charge in [-0.3, -0.25) is 10.1 Å². The molecule has 0 fully saturated rings. The molecule has 3 unspecified atom stereocenters. The van der Waals surface area contributed by atoms with Crippen LogP contribution in [0.1, 0.15) is 35.1 Å². The average Bonchev–Trinajstić information content (AvgIpc) is 3.05. The topological polar surface area (TPSA) is 55.2 Å². The van der Waals surface area contributed by atoms with E-state index >= 15 is 0 Å². The molecule has 1 aliphatic carbocycles. The molecule has 2 aromatic rings. The zero-order chi connectivity index (χ0) is 16.8. The van der Waals surface area contributed by atoms with Gasteiger partial charge in [-0.05, 0) is 42.5 Å². The van der Waals surface area contributed by atoms with Crippen molar-refractivity contribution in [2.24, 2.45) is 5.92 Å².